The second-order valence-electron chi connectivity index (χ2n) is 5.11. The van der Waals surface area contributed by atoms with Gasteiger partial charge in [0.25, 0.3) is 0 Å². The summed E-state index contributed by atoms with van der Waals surface area (Å²) in [6.45, 7) is 0. The molecule has 0 spiro atoms. The van der Waals surface area contributed by atoms with Gasteiger partial charge in [0.1, 0.15) is 0 Å². The third-order valence-electron chi connectivity index (χ3n) is 4.30. The third kappa shape index (κ3) is 1.31. The van der Waals surface area contributed by atoms with Crippen LogP contribution in [0.2, 0.25) is 0 Å². The Hall–Kier alpha value is -0.600. The van der Waals surface area contributed by atoms with Crippen LogP contribution in [0, 0.1) is 0 Å². The molecule has 0 heterocycles. The van der Waals surface area contributed by atoms with Gasteiger partial charge in [-0.2, -0.15) is 0 Å². The number of hydrogen-bond donors (Lipinski definition) is 0. The van der Waals surface area contributed by atoms with E-state index in [1.165, 1.54) is 22.3 Å². The molecule has 0 N–H and O–H groups in total. The number of hydrogen-bond acceptors (Lipinski definition) is 0. The highest BCUT2D eigenvalue weighted by Gasteiger charge is 2.48. The predicted molar refractivity (Wildman–Crippen MR) is 81.9 cm³/mol. The summed E-state index contributed by atoms with van der Waals surface area (Å²) in [5.41, 5.74) is 5.97. The summed E-state index contributed by atoms with van der Waals surface area (Å²) in [4.78, 5) is 0.885. The molecule has 0 saturated carbocycles. The van der Waals surface area contributed by atoms with Gasteiger partial charge in [0, 0.05) is 16.7 Å². The normalized spacial score (nSPS) is 31.9. The summed E-state index contributed by atoms with van der Waals surface area (Å²) in [7, 11) is 0. The Morgan fingerprint density at radius 3 is 1.83 bits per heavy atom. The minimum atomic E-state index is 0.406. The van der Waals surface area contributed by atoms with E-state index < -0.39 is 0 Å². The Morgan fingerprint density at radius 2 is 1.17 bits per heavy atom. The molecule has 4 rings (SSSR count). The maximum Gasteiger partial charge on any atom is 0.0529 e. The fraction of sp³-hybridized carbons (Fsp3) is 0.250. The zero-order valence-corrected chi connectivity index (χ0v) is 12.9. The van der Waals surface area contributed by atoms with Crippen LogP contribution in [0.3, 0.4) is 0 Å². The molecule has 0 fully saturated rings. The van der Waals surface area contributed by atoms with Crippen molar-refractivity contribution in [3.05, 3.63) is 70.8 Å². The van der Waals surface area contributed by atoms with Gasteiger partial charge in [0.05, 0.1) is 4.83 Å². The van der Waals surface area contributed by atoms with Gasteiger partial charge in [-0.1, -0.05) is 80.4 Å². The first-order valence-electron chi connectivity index (χ1n) is 6.25. The van der Waals surface area contributed by atoms with Gasteiger partial charge in [-0.25, -0.2) is 0 Å². The summed E-state index contributed by atoms with van der Waals surface area (Å²) in [6.07, 6.45) is 0. The van der Waals surface area contributed by atoms with E-state index >= 15 is 0 Å². The summed E-state index contributed by atoms with van der Waals surface area (Å²) in [5, 5.41) is 0. The van der Waals surface area contributed by atoms with Crippen molar-refractivity contribution in [2.75, 3.05) is 0 Å². The largest absolute Gasteiger partial charge is 0.0868 e. The van der Waals surface area contributed by atoms with Crippen LogP contribution in [0.1, 0.15) is 38.9 Å². The highest BCUT2D eigenvalue weighted by molar-refractivity contribution is 9.12. The topological polar surface area (TPSA) is 0 Å². The Morgan fingerprint density at radius 1 is 0.667 bits per heavy atom. The molecule has 2 aliphatic carbocycles. The quantitative estimate of drug-likeness (QED) is 0.569. The SMILES string of the molecule is BrC1c2ccccc2C2c3ccccc3C2C1Br. The van der Waals surface area contributed by atoms with Crippen LogP contribution in [0.5, 0.6) is 0 Å². The Labute approximate surface area is 124 Å². The predicted octanol–water partition coefficient (Wildman–Crippen LogP) is 5.13. The molecule has 0 aliphatic heterocycles. The molecule has 4 atom stereocenters. The van der Waals surface area contributed by atoms with Gasteiger partial charge in [-0.15, -0.1) is 0 Å². The minimum absolute atomic E-state index is 0.406. The highest BCUT2D eigenvalue weighted by Crippen LogP contribution is 2.61. The first kappa shape index (κ1) is 11.2. The minimum Gasteiger partial charge on any atom is -0.0868 e. The van der Waals surface area contributed by atoms with Gasteiger partial charge < -0.3 is 0 Å². The summed E-state index contributed by atoms with van der Waals surface area (Å²) >= 11 is 7.76. The molecule has 0 bridgehead atoms. The Bertz CT molecular complexity index is 620. The maximum absolute atomic E-state index is 3.90. The van der Waals surface area contributed by atoms with Crippen LogP contribution in [0.15, 0.2) is 48.5 Å². The molecule has 0 amide bonds. The van der Waals surface area contributed by atoms with Crippen molar-refractivity contribution in [3.8, 4) is 0 Å². The second-order valence-corrected chi connectivity index (χ2v) is 7.15. The van der Waals surface area contributed by atoms with Crippen LogP contribution >= 0.6 is 31.9 Å². The van der Waals surface area contributed by atoms with E-state index in [9.17, 15) is 0 Å². The van der Waals surface area contributed by atoms with E-state index in [4.69, 9.17) is 0 Å². The lowest BCUT2D eigenvalue weighted by Gasteiger charge is -2.48. The third-order valence-corrected chi connectivity index (χ3v) is 7.17. The second kappa shape index (κ2) is 3.94. The number of halogens is 2. The first-order chi connectivity index (χ1) is 8.79. The lowest BCUT2D eigenvalue weighted by molar-refractivity contribution is 0.480. The molecule has 4 unspecified atom stereocenters. The Balaban J connectivity index is 1.96. The smallest absolute Gasteiger partial charge is 0.0529 e. The lowest BCUT2D eigenvalue weighted by atomic mass is 9.59. The zero-order chi connectivity index (χ0) is 12.3. The summed E-state index contributed by atoms with van der Waals surface area (Å²) in [6, 6.07) is 17.7. The van der Waals surface area contributed by atoms with Gasteiger partial charge in [-0.3, -0.25) is 0 Å². The molecule has 18 heavy (non-hydrogen) atoms. The molecular formula is C16H12Br2. The van der Waals surface area contributed by atoms with E-state index in [1.807, 2.05) is 0 Å². The lowest BCUT2D eigenvalue weighted by Crippen LogP contribution is -2.38. The van der Waals surface area contributed by atoms with Crippen molar-refractivity contribution in [2.24, 2.45) is 0 Å². The van der Waals surface area contributed by atoms with E-state index in [1.54, 1.807) is 0 Å². The monoisotopic (exact) mass is 362 g/mol. The van der Waals surface area contributed by atoms with Crippen molar-refractivity contribution < 1.29 is 0 Å². The molecule has 2 aromatic rings. The van der Waals surface area contributed by atoms with Crippen LogP contribution in [-0.4, -0.2) is 4.83 Å². The Kier molecular flexibility index (Phi) is 2.46. The molecular weight excluding hydrogens is 352 g/mol. The maximum atomic E-state index is 3.90. The molecule has 90 valence electrons. The number of fused-ring (bicyclic) bond motifs is 6. The van der Waals surface area contributed by atoms with Gasteiger partial charge in [0.2, 0.25) is 0 Å². The molecule has 0 radical (unpaired) electrons. The molecule has 0 nitrogen and oxygen atoms in total. The van der Waals surface area contributed by atoms with E-state index in [0.717, 1.165) is 0 Å². The van der Waals surface area contributed by atoms with Gasteiger partial charge in [0.15, 0.2) is 0 Å². The van der Waals surface area contributed by atoms with E-state index in [2.05, 4.69) is 80.4 Å². The standard InChI is InChI=1S/C16H12Br2/c17-15-12-8-4-3-7-11(12)13-9-5-1-2-6-10(9)14(13)16(15)18/h1-8,13-16H. The molecule has 2 aliphatic rings. The van der Waals surface area contributed by atoms with Crippen LogP contribution < -0.4 is 0 Å². The summed E-state index contributed by atoms with van der Waals surface area (Å²) < 4.78 is 0. The van der Waals surface area contributed by atoms with Crippen molar-refractivity contribution in [1.29, 1.82) is 0 Å². The average molecular weight is 364 g/mol. The molecule has 2 aromatic carbocycles. The molecule has 0 saturated heterocycles. The molecule has 2 heteroatoms. The van der Waals surface area contributed by atoms with E-state index in [0.29, 0.717) is 21.5 Å². The van der Waals surface area contributed by atoms with Crippen molar-refractivity contribution in [2.45, 2.75) is 21.5 Å². The van der Waals surface area contributed by atoms with Crippen molar-refractivity contribution in [1.82, 2.24) is 0 Å². The average Bonchev–Trinajstić information content (AvgIpc) is 2.39. The fourth-order valence-corrected chi connectivity index (χ4v) is 5.11. The number of rotatable bonds is 0. The van der Waals surface area contributed by atoms with E-state index in [-0.39, 0.29) is 0 Å². The fourth-order valence-electron chi connectivity index (χ4n) is 3.49. The zero-order valence-electron chi connectivity index (χ0n) is 9.68. The van der Waals surface area contributed by atoms with Crippen molar-refractivity contribution in [3.63, 3.8) is 0 Å². The van der Waals surface area contributed by atoms with Gasteiger partial charge in [-0.05, 0) is 22.3 Å². The van der Waals surface area contributed by atoms with Crippen LogP contribution in [0.25, 0.3) is 0 Å². The van der Waals surface area contributed by atoms with Crippen molar-refractivity contribution >= 4 is 31.9 Å². The van der Waals surface area contributed by atoms with Gasteiger partial charge >= 0.3 is 0 Å². The number of alkyl halides is 2. The highest BCUT2D eigenvalue weighted by atomic mass is 79.9. The number of benzene rings is 2. The van der Waals surface area contributed by atoms with Crippen LogP contribution in [-0.2, 0) is 0 Å². The van der Waals surface area contributed by atoms with Crippen LogP contribution in [0.4, 0.5) is 0 Å². The first-order valence-corrected chi connectivity index (χ1v) is 8.08. The summed E-state index contributed by atoms with van der Waals surface area (Å²) in [5.74, 6) is 1.19. The molecule has 0 aromatic heterocycles.